The number of nitrogens with one attached hydrogen (secondary N) is 1. The van der Waals surface area contributed by atoms with E-state index in [-0.39, 0.29) is 24.3 Å². The van der Waals surface area contributed by atoms with Crippen LogP contribution in [0.25, 0.3) is 11.3 Å². The Morgan fingerprint density at radius 3 is 2.88 bits per heavy atom. The summed E-state index contributed by atoms with van der Waals surface area (Å²) in [6, 6.07) is 9.55. The minimum Gasteiger partial charge on any atom is -0.347 e. The minimum atomic E-state index is -0.310. The first kappa shape index (κ1) is 18.6. The van der Waals surface area contributed by atoms with Crippen molar-refractivity contribution in [3.05, 3.63) is 63.2 Å². The summed E-state index contributed by atoms with van der Waals surface area (Å²) < 4.78 is 15.5. The lowest BCUT2D eigenvalue weighted by atomic mass is 10.1. The lowest BCUT2D eigenvalue weighted by Gasteiger charge is -2.16. The van der Waals surface area contributed by atoms with Gasteiger partial charge in [0.15, 0.2) is 0 Å². The van der Waals surface area contributed by atoms with Crippen molar-refractivity contribution >= 4 is 28.8 Å². The molecule has 2 aromatic heterocycles. The number of carbonyl (C=O) groups excluding carboxylic acids is 1. The van der Waals surface area contributed by atoms with E-state index in [0.717, 1.165) is 16.8 Å². The van der Waals surface area contributed by atoms with E-state index in [1.807, 2.05) is 13.1 Å². The van der Waals surface area contributed by atoms with E-state index in [9.17, 15) is 9.18 Å². The van der Waals surface area contributed by atoms with Gasteiger partial charge in [-0.2, -0.15) is 5.10 Å². The van der Waals surface area contributed by atoms with Gasteiger partial charge in [0.1, 0.15) is 10.2 Å². The summed E-state index contributed by atoms with van der Waals surface area (Å²) in [5, 5.41) is 7.01. The molecule has 0 aliphatic carbocycles. The summed E-state index contributed by atoms with van der Waals surface area (Å²) in [4.78, 5) is 13.1. The van der Waals surface area contributed by atoms with E-state index in [0.29, 0.717) is 15.6 Å². The number of rotatable bonds is 6. The Kier molecular flexibility index (Phi) is 5.70. The van der Waals surface area contributed by atoms with E-state index in [1.165, 1.54) is 23.5 Å². The average Bonchev–Trinajstić information content (AvgIpc) is 3.19. The first-order chi connectivity index (χ1) is 12.5. The molecule has 3 aromatic rings. The summed E-state index contributed by atoms with van der Waals surface area (Å²) in [5.41, 5.74) is 8.15. The highest BCUT2D eigenvalue weighted by atomic mass is 35.5. The van der Waals surface area contributed by atoms with Crippen LogP contribution in [0, 0.1) is 5.82 Å². The van der Waals surface area contributed by atoms with Crippen LogP contribution in [0.5, 0.6) is 0 Å². The van der Waals surface area contributed by atoms with E-state index < -0.39 is 0 Å². The van der Waals surface area contributed by atoms with Gasteiger partial charge in [0.2, 0.25) is 0 Å². The normalized spacial score (nSPS) is 12.2. The van der Waals surface area contributed by atoms with Gasteiger partial charge < -0.3 is 11.1 Å². The van der Waals surface area contributed by atoms with Crippen LogP contribution in [0.4, 0.5) is 4.39 Å². The third kappa shape index (κ3) is 4.12. The molecule has 5 nitrogen and oxygen atoms in total. The predicted octanol–water partition coefficient (Wildman–Crippen LogP) is 3.24. The first-order valence-electron chi connectivity index (χ1n) is 8.01. The molecule has 136 valence electrons. The fourth-order valence-corrected chi connectivity index (χ4v) is 3.89. The molecule has 0 aliphatic heterocycles. The van der Waals surface area contributed by atoms with Crippen molar-refractivity contribution in [2.45, 2.75) is 12.5 Å². The first-order valence-corrected chi connectivity index (χ1v) is 9.20. The minimum absolute atomic E-state index is 0.246. The van der Waals surface area contributed by atoms with Crippen molar-refractivity contribution in [2.75, 3.05) is 6.54 Å². The molecule has 0 saturated heterocycles. The predicted molar refractivity (Wildman–Crippen MR) is 102 cm³/mol. The molecule has 0 spiro atoms. The molecule has 3 N–H and O–H groups in total. The number of thiophene rings is 1. The number of amides is 1. The summed E-state index contributed by atoms with van der Waals surface area (Å²) in [6.45, 7) is 0.246. The van der Waals surface area contributed by atoms with Gasteiger partial charge in [-0.05, 0) is 36.2 Å². The van der Waals surface area contributed by atoms with Gasteiger partial charge in [-0.15, -0.1) is 11.3 Å². The van der Waals surface area contributed by atoms with E-state index in [1.54, 1.807) is 29.1 Å². The maximum Gasteiger partial charge on any atom is 0.261 e. The lowest BCUT2D eigenvalue weighted by molar-refractivity contribution is 0.0942. The maximum absolute atomic E-state index is 13.3. The van der Waals surface area contributed by atoms with Crippen LogP contribution in [0.3, 0.4) is 0 Å². The van der Waals surface area contributed by atoms with Gasteiger partial charge in [0, 0.05) is 31.4 Å². The Bertz CT molecular complexity index is 924. The van der Waals surface area contributed by atoms with Gasteiger partial charge in [-0.1, -0.05) is 23.7 Å². The van der Waals surface area contributed by atoms with Crippen LogP contribution in [0.2, 0.25) is 4.34 Å². The summed E-state index contributed by atoms with van der Waals surface area (Å²) in [6.07, 6.45) is 2.13. The molecule has 26 heavy (non-hydrogen) atoms. The molecule has 0 radical (unpaired) electrons. The zero-order valence-electron chi connectivity index (χ0n) is 14.1. The zero-order valence-corrected chi connectivity index (χ0v) is 15.6. The third-order valence-corrected chi connectivity index (χ3v) is 5.36. The molecule has 0 bridgehead atoms. The van der Waals surface area contributed by atoms with Gasteiger partial charge in [-0.25, -0.2) is 4.39 Å². The molecule has 0 aliphatic rings. The number of benzene rings is 1. The fraction of sp³-hybridized carbons (Fsp3) is 0.222. The molecule has 0 saturated carbocycles. The topological polar surface area (TPSA) is 72.9 Å². The SMILES string of the molecule is Cn1nccc1-c1cc(C(=O)N[C@H](CN)Cc2cccc(F)c2)sc1Cl. The largest absolute Gasteiger partial charge is 0.347 e. The van der Waals surface area contributed by atoms with Crippen molar-refractivity contribution in [2.24, 2.45) is 12.8 Å². The second-order valence-electron chi connectivity index (χ2n) is 5.88. The molecule has 1 aromatic carbocycles. The van der Waals surface area contributed by atoms with Gasteiger partial charge >= 0.3 is 0 Å². The molecular weight excluding hydrogens is 375 g/mol. The van der Waals surface area contributed by atoms with Crippen molar-refractivity contribution < 1.29 is 9.18 Å². The fourth-order valence-electron chi connectivity index (χ4n) is 2.69. The van der Waals surface area contributed by atoms with Crippen LogP contribution in [-0.4, -0.2) is 28.3 Å². The zero-order chi connectivity index (χ0) is 18.7. The third-order valence-electron chi connectivity index (χ3n) is 4.00. The molecule has 8 heteroatoms. The van der Waals surface area contributed by atoms with Crippen molar-refractivity contribution in [1.82, 2.24) is 15.1 Å². The average molecular weight is 393 g/mol. The Morgan fingerprint density at radius 1 is 1.42 bits per heavy atom. The smallest absolute Gasteiger partial charge is 0.261 e. The number of hydrogen-bond donors (Lipinski definition) is 2. The Hall–Kier alpha value is -2.22. The molecular formula is C18H18ClFN4OS. The highest BCUT2D eigenvalue weighted by Crippen LogP contribution is 2.35. The van der Waals surface area contributed by atoms with Crippen LogP contribution < -0.4 is 11.1 Å². The molecule has 2 heterocycles. The van der Waals surface area contributed by atoms with E-state index in [2.05, 4.69) is 10.4 Å². The number of nitrogens with zero attached hydrogens (tertiary/aromatic N) is 2. The quantitative estimate of drug-likeness (QED) is 0.676. The Morgan fingerprint density at radius 2 is 2.23 bits per heavy atom. The maximum atomic E-state index is 13.3. The molecule has 1 amide bonds. The van der Waals surface area contributed by atoms with Crippen LogP contribution in [-0.2, 0) is 13.5 Å². The second kappa shape index (κ2) is 7.99. The summed E-state index contributed by atoms with van der Waals surface area (Å²) in [5.74, 6) is -0.562. The van der Waals surface area contributed by atoms with Crippen molar-refractivity contribution in [1.29, 1.82) is 0 Å². The van der Waals surface area contributed by atoms with E-state index in [4.69, 9.17) is 17.3 Å². The number of carbonyl (C=O) groups is 1. The van der Waals surface area contributed by atoms with Crippen LogP contribution in [0.15, 0.2) is 42.6 Å². The summed E-state index contributed by atoms with van der Waals surface area (Å²) in [7, 11) is 1.81. The monoisotopic (exact) mass is 392 g/mol. The standard InChI is InChI=1S/C18H18ClFN4OS/c1-24-15(5-6-22-24)14-9-16(26-17(14)19)18(25)23-13(10-21)8-11-3-2-4-12(20)7-11/h2-7,9,13H,8,10,21H2,1H3,(H,23,25)/t13-/m0/s1. The molecule has 0 unspecified atom stereocenters. The van der Waals surface area contributed by atoms with E-state index >= 15 is 0 Å². The molecule has 3 rings (SSSR count). The van der Waals surface area contributed by atoms with Crippen molar-refractivity contribution in [3.63, 3.8) is 0 Å². The Labute approximate surface area is 159 Å². The van der Waals surface area contributed by atoms with Gasteiger partial charge in [-0.3, -0.25) is 9.48 Å². The van der Waals surface area contributed by atoms with Crippen LogP contribution >= 0.6 is 22.9 Å². The molecule has 0 fully saturated rings. The number of aryl methyl sites for hydroxylation is 1. The van der Waals surface area contributed by atoms with Gasteiger partial charge in [0.25, 0.3) is 5.91 Å². The Balaban J connectivity index is 1.73. The highest BCUT2D eigenvalue weighted by molar-refractivity contribution is 7.18. The number of hydrogen-bond acceptors (Lipinski definition) is 4. The van der Waals surface area contributed by atoms with Gasteiger partial charge in [0.05, 0.1) is 10.6 Å². The molecule has 1 atom stereocenters. The number of aromatic nitrogens is 2. The highest BCUT2D eigenvalue weighted by Gasteiger charge is 2.19. The summed E-state index contributed by atoms with van der Waals surface area (Å²) >= 11 is 7.50. The number of halogens is 2. The lowest BCUT2D eigenvalue weighted by Crippen LogP contribution is -2.41. The number of nitrogens with two attached hydrogens (primary N) is 1. The second-order valence-corrected chi connectivity index (χ2v) is 7.53. The van der Waals surface area contributed by atoms with Crippen molar-refractivity contribution in [3.8, 4) is 11.3 Å². The van der Waals surface area contributed by atoms with Crippen LogP contribution in [0.1, 0.15) is 15.2 Å².